The number of hydrogen-bond donors (Lipinski definition) is 1. The molecule has 0 unspecified atom stereocenters. The zero-order chi connectivity index (χ0) is 27.1. The van der Waals surface area contributed by atoms with E-state index in [1.54, 1.807) is 50.5 Å². The first kappa shape index (κ1) is 26.4. The van der Waals surface area contributed by atoms with E-state index in [4.69, 9.17) is 14.2 Å². The number of nitrogens with one attached hydrogen (secondary N) is 1. The van der Waals surface area contributed by atoms with E-state index < -0.39 is 11.6 Å². The van der Waals surface area contributed by atoms with Gasteiger partial charge in [-0.3, -0.25) is 9.59 Å². The number of carbonyl (C=O) groups excluding carboxylic acids is 1. The fourth-order valence-corrected chi connectivity index (χ4v) is 3.68. The lowest BCUT2D eigenvalue weighted by molar-refractivity contribution is -0.116. The zero-order valence-electron chi connectivity index (χ0n) is 20.9. The molecule has 0 spiro atoms. The third kappa shape index (κ3) is 6.56. The molecule has 1 N–H and O–H groups in total. The Morgan fingerprint density at radius 2 is 1.66 bits per heavy atom. The van der Waals surface area contributed by atoms with Crippen LogP contribution in [0.3, 0.4) is 0 Å². The second-order valence-electron chi connectivity index (χ2n) is 8.28. The maximum Gasteiger partial charge on any atom is 0.254 e. The first-order valence-electron chi connectivity index (χ1n) is 11.9. The Labute approximate surface area is 218 Å². The van der Waals surface area contributed by atoms with Gasteiger partial charge in [-0.25, -0.2) is 8.78 Å². The quantitative estimate of drug-likeness (QED) is 0.281. The van der Waals surface area contributed by atoms with Crippen LogP contribution in [-0.4, -0.2) is 23.7 Å². The van der Waals surface area contributed by atoms with Crippen LogP contribution in [0.2, 0.25) is 0 Å². The Bertz CT molecular complexity index is 1490. The molecular formula is C29H26F2N2O5. The van der Waals surface area contributed by atoms with Crippen LogP contribution < -0.4 is 25.1 Å². The molecule has 38 heavy (non-hydrogen) atoms. The van der Waals surface area contributed by atoms with Gasteiger partial charge in [-0.15, -0.1) is 0 Å². The summed E-state index contributed by atoms with van der Waals surface area (Å²) in [6.07, 6.45) is 1.67. The molecule has 0 atom stereocenters. The molecule has 0 saturated carbocycles. The predicted octanol–water partition coefficient (Wildman–Crippen LogP) is 5.93. The van der Waals surface area contributed by atoms with E-state index in [2.05, 4.69) is 5.32 Å². The minimum absolute atomic E-state index is 0.104. The van der Waals surface area contributed by atoms with Gasteiger partial charge in [0.25, 0.3) is 5.56 Å². The van der Waals surface area contributed by atoms with E-state index in [0.29, 0.717) is 34.9 Å². The lowest BCUT2D eigenvalue weighted by atomic mass is 10.0. The highest BCUT2D eigenvalue weighted by Gasteiger charge is 2.18. The summed E-state index contributed by atoms with van der Waals surface area (Å²) in [5.41, 5.74) is 1.06. The minimum atomic E-state index is -0.878. The monoisotopic (exact) mass is 520 g/mol. The van der Waals surface area contributed by atoms with Crippen LogP contribution in [0, 0.1) is 11.6 Å². The zero-order valence-corrected chi connectivity index (χ0v) is 20.9. The molecule has 0 saturated heterocycles. The number of halogens is 2. The highest BCUT2D eigenvalue weighted by atomic mass is 19.1. The summed E-state index contributed by atoms with van der Waals surface area (Å²) < 4.78 is 46.2. The number of pyridine rings is 1. The standard InChI is InChI=1S/C29H26F2N2O5/c1-3-36-27-17-29(35)33(2)18-23(27)22-16-20(32-28(34)13-14-37-21-7-5-4-6-8-21)10-12-25(22)38-26-11-9-19(30)15-24(26)31/h4-12,15-18H,3,13-14H2,1-2H3,(H,32,34). The van der Waals surface area contributed by atoms with Gasteiger partial charge in [-0.05, 0) is 49.4 Å². The molecule has 0 radical (unpaired) electrons. The Hall–Kier alpha value is -4.66. The van der Waals surface area contributed by atoms with Crippen molar-refractivity contribution in [2.45, 2.75) is 13.3 Å². The average Bonchev–Trinajstić information content (AvgIpc) is 2.89. The molecule has 0 aliphatic carbocycles. The number of rotatable bonds is 10. The number of anilines is 1. The second kappa shape index (κ2) is 12.1. The van der Waals surface area contributed by atoms with Crippen LogP contribution in [-0.2, 0) is 11.8 Å². The van der Waals surface area contributed by atoms with Gasteiger partial charge in [0, 0.05) is 42.2 Å². The number of ether oxygens (including phenoxy) is 3. The van der Waals surface area contributed by atoms with Gasteiger partial charge in [0.1, 0.15) is 23.1 Å². The van der Waals surface area contributed by atoms with Gasteiger partial charge in [0.05, 0.1) is 19.6 Å². The molecule has 196 valence electrons. The molecule has 1 amide bonds. The number of aromatic nitrogens is 1. The fourth-order valence-electron chi connectivity index (χ4n) is 3.68. The molecule has 9 heteroatoms. The number of hydrogen-bond acceptors (Lipinski definition) is 5. The smallest absolute Gasteiger partial charge is 0.254 e. The van der Waals surface area contributed by atoms with E-state index in [1.807, 2.05) is 18.2 Å². The van der Waals surface area contributed by atoms with Crippen LogP contribution in [0.4, 0.5) is 14.5 Å². The van der Waals surface area contributed by atoms with Crippen molar-refractivity contribution in [2.75, 3.05) is 18.5 Å². The van der Waals surface area contributed by atoms with Crippen molar-refractivity contribution in [1.29, 1.82) is 0 Å². The topological polar surface area (TPSA) is 78.8 Å². The van der Waals surface area contributed by atoms with E-state index >= 15 is 0 Å². The molecular weight excluding hydrogens is 494 g/mol. The molecule has 4 rings (SSSR count). The maximum atomic E-state index is 14.4. The minimum Gasteiger partial charge on any atom is -0.493 e. The summed E-state index contributed by atoms with van der Waals surface area (Å²) >= 11 is 0. The third-order valence-corrected chi connectivity index (χ3v) is 5.50. The Balaban J connectivity index is 1.64. The molecule has 1 heterocycles. The molecule has 7 nitrogen and oxygen atoms in total. The first-order valence-corrected chi connectivity index (χ1v) is 11.9. The lowest BCUT2D eigenvalue weighted by Crippen LogP contribution is -2.16. The molecule has 1 aromatic heterocycles. The summed E-state index contributed by atoms with van der Waals surface area (Å²) in [6.45, 7) is 2.25. The summed E-state index contributed by atoms with van der Waals surface area (Å²) in [6, 6.07) is 18.3. The van der Waals surface area contributed by atoms with E-state index in [9.17, 15) is 18.4 Å². The molecule has 0 aliphatic heterocycles. The van der Waals surface area contributed by atoms with Crippen molar-refractivity contribution in [3.8, 4) is 34.1 Å². The largest absolute Gasteiger partial charge is 0.493 e. The molecule has 4 aromatic rings. The Kier molecular flexibility index (Phi) is 8.37. The van der Waals surface area contributed by atoms with Crippen molar-refractivity contribution >= 4 is 11.6 Å². The van der Waals surface area contributed by atoms with Crippen molar-refractivity contribution in [3.05, 3.63) is 101 Å². The van der Waals surface area contributed by atoms with Gasteiger partial charge in [0.15, 0.2) is 11.6 Å². The van der Waals surface area contributed by atoms with E-state index in [1.165, 1.54) is 16.7 Å². The Morgan fingerprint density at radius 1 is 0.895 bits per heavy atom. The maximum absolute atomic E-state index is 14.4. The van der Waals surface area contributed by atoms with Crippen molar-refractivity contribution in [3.63, 3.8) is 0 Å². The first-order chi connectivity index (χ1) is 18.3. The second-order valence-corrected chi connectivity index (χ2v) is 8.28. The summed E-state index contributed by atoms with van der Waals surface area (Å²) in [4.78, 5) is 24.9. The van der Waals surface area contributed by atoms with E-state index in [-0.39, 0.29) is 36.0 Å². The van der Waals surface area contributed by atoms with Gasteiger partial charge in [0.2, 0.25) is 5.91 Å². The SMILES string of the molecule is CCOc1cc(=O)n(C)cc1-c1cc(NC(=O)CCOc2ccccc2)ccc1Oc1ccc(F)cc1F. The number of aryl methyl sites for hydroxylation is 1. The van der Waals surface area contributed by atoms with Crippen LogP contribution in [0.25, 0.3) is 11.1 Å². The van der Waals surface area contributed by atoms with Crippen LogP contribution in [0.5, 0.6) is 23.0 Å². The highest BCUT2D eigenvalue weighted by molar-refractivity contribution is 5.92. The molecule has 3 aromatic carbocycles. The van der Waals surface area contributed by atoms with Gasteiger partial charge >= 0.3 is 0 Å². The van der Waals surface area contributed by atoms with Crippen molar-refractivity contribution in [2.24, 2.45) is 7.05 Å². The van der Waals surface area contributed by atoms with Crippen molar-refractivity contribution < 1.29 is 27.8 Å². The van der Waals surface area contributed by atoms with Crippen LogP contribution in [0.15, 0.2) is 83.8 Å². The number of benzene rings is 3. The number of carbonyl (C=O) groups is 1. The average molecular weight is 521 g/mol. The summed E-state index contributed by atoms with van der Waals surface area (Å²) in [5, 5.41) is 2.82. The summed E-state index contributed by atoms with van der Waals surface area (Å²) in [5.74, 6) is -0.922. The highest BCUT2D eigenvalue weighted by Crippen LogP contribution is 2.40. The van der Waals surface area contributed by atoms with Gasteiger partial charge in [-0.2, -0.15) is 0 Å². The van der Waals surface area contributed by atoms with Crippen LogP contribution in [0.1, 0.15) is 13.3 Å². The number of amides is 1. The van der Waals surface area contributed by atoms with E-state index in [0.717, 1.165) is 12.1 Å². The molecule has 0 fully saturated rings. The molecule has 0 bridgehead atoms. The lowest BCUT2D eigenvalue weighted by Gasteiger charge is -2.17. The van der Waals surface area contributed by atoms with Gasteiger partial charge in [-0.1, -0.05) is 18.2 Å². The normalized spacial score (nSPS) is 10.6. The molecule has 0 aliphatic rings. The fraction of sp³-hybridized carbons (Fsp3) is 0.172. The Morgan fingerprint density at radius 3 is 2.39 bits per heavy atom. The van der Waals surface area contributed by atoms with Gasteiger partial charge < -0.3 is 24.1 Å². The van der Waals surface area contributed by atoms with Crippen molar-refractivity contribution in [1.82, 2.24) is 4.57 Å². The van der Waals surface area contributed by atoms with Crippen LogP contribution >= 0.6 is 0 Å². The summed E-state index contributed by atoms with van der Waals surface area (Å²) in [7, 11) is 1.58. The third-order valence-electron chi connectivity index (χ3n) is 5.50. The predicted molar refractivity (Wildman–Crippen MR) is 140 cm³/mol. The number of para-hydroxylation sites is 1. The number of nitrogens with zero attached hydrogens (tertiary/aromatic N) is 1.